The van der Waals surface area contributed by atoms with Crippen molar-refractivity contribution in [2.75, 3.05) is 31.6 Å². The van der Waals surface area contributed by atoms with Gasteiger partial charge in [-0.3, -0.25) is 9.78 Å². The molecular formula is C30H33F3N4O. The summed E-state index contributed by atoms with van der Waals surface area (Å²) in [4.78, 5) is 21.8. The van der Waals surface area contributed by atoms with Crippen LogP contribution in [0.3, 0.4) is 0 Å². The van der Waals surface area contributed by atoms with Crippen LogP contribution in [0.2, 0.25) is 0 Å². The van der Waals surface area contributed by atoms with Gasteiger partial charge >= 0.3 is 6.18 Å². The van der Waals surface area contributed by atoms with E-state index in [9.17, 15) is 18.0 Å². The number of amides is 1. The highest BCUT2D eigenvalue weighted by molar-refractivity contribution is 5.98. The number of carbonyl (C=O) groups excluding carboxylic acids is 1. The van der Waals surface area contributed by atoms with Crippen molar-refractivity contribution < 1.29 is 18.0 Å². The van der Waals surface area contributed by atoms with Crippen LogP contribution in [-0.2, 0) is 17.5 Å². The number of nitrogens with one attached hydrogen (secondary N) is 1. The maximum Gasteiger partial charge on any atom is 0.416 e. The Morgan fingerprint density at radius 1 is 1.05 bits per heavy atom. The Balaban J connectivity index is 1.48. The third kappa shape index (κ3) is 7.01. The molecule has 1 N–H and O–H groups in total. The molecule has 1 saturated heterocycles. The fourth-order valence-corrected chi connectivity index (χ4v) is 4.75. The zero-order valence-electron chi connectivity index (χ0n) is 21.7. The number of likely N-dealkylation sites (tertiary alicyclic amines) is 1. The molecule has 0 spiro atoms. The van der Waals surface area contributed by atoms with Crippen molar-refractivity contribution in [2.45, 2.75) is 32.5 Å². The highest BCUT2D eigenvalue weighted by Crippen LogP contribution is 2.31. The first-order valence-corrected chi connectivity index (χ1v) is 12.9. The predicted molar refractivity (Wildman–Crippen MR) is 145 cm³/mol. The minimum absolute atomic E-state index is 0.0161. The maximum absolute atomic E-state index is 13.4. The summed E-state index contributed by atoms with van der Waals surface area (Å²) in [5, 5.41) is 3.04. The molecule has 1 aromatic heterocycles. The van der Waals surface area contributed by atoms with Crippen molar-refractivity contribution >= 4 is 23.4 Å². The molecule has 1 aliphatic heterocycles. The topological polar surface area (TPSA) is 48.5 Å². The fourth-order valence-electron chi connectivity index (χ4n) is 4.75. The maximum atomic E-state index is 13.4. The Bertz CT molecular complexity index is 1230. The summed E-state index contributed by atoms with van der Waals surface area (Å²) in [6, 6.07) is 16.8. The molecule has 3 aromatic rings. The first-order valence-electron chi connectivity index (χ1n) is 12.9. The monoisotopic (exact) mass is 522 g/mol. The van der Waals surface area contributed by atoms with Gasteiger partial charge in [0.05, 0.1) is 5.56 Å². The van der Waals surface area contributed by atoms with Gasteiger partial charge in [0.2, 0.25) is 5.91 Å². The smallest absolute Gasteiger partial charge is 0.348 e. The van der Waals surface area contributed by atoms with Gasteiger partial charge in [-0.25, -0.2) is 0 Å². The van der Waals surface area contributed by atoms with E-state index in [1.807, 2.05) is 43.4 Å². The number of anilines is 2. The van der Waals surface area contributed by atoms with Gasteiger partial charge in [0.25, 0.3) is 0 Å². The van der Waals surface area contributed by atoms with E-state index in [1.165, 1.54) is 12.1 Å². The van der Waals surface area contributed by atoms with E-state index < -0.39 is 11.7 Å². The van der Waals surface area contributed by atoms with E-state index in [1.54, 1.807) is 18.5 Å². The molecule has 1 fully saturated rings. The van der Waals surface area contributed by atoms with Gasteiger partial charge < -0.3 is 15.1 Å². The van der Waals surface area contributed by atoms with E-state index in [0.717, 1.165) is 61.5 Å². The largest absolute Gasteiger partial charge is 0.416 e. The standard InChI is InChI=1S/C30H33F3N4O/c1-3-37-18-4-5-24(21-37)28(19-22-6-10-25(11-7-22)30(31,32)33)29(38)35-20-23-8-12-26(13-9-23)36(2)27-14-16-34-17-15-27/h6-17,19,24H,3-5,18,20-21H2,1-2H3,(H,35,38)/t24-/m1/s1. The van der Waals surface area contributed by atoms with Crippen molar-refractivity contribution in [3.05, 3.63) is 95.3 Å². The van der Waals surface area contributed by atoms with E-state index in [2.05, 4.69) is 27.0 Å². The number of rotatable bonds is 8. The number of hydrogen-bond acceptors (Lipinski definition) is 4. The minimum Gasteiger partial charge on any atom is -0.348 e. The van der Waals surface area contributed by atoms with E-state index in [-0.39, 0.29) is 11.8 Å². The number of piperidine rings is 1. The molecule has 5 nitrogen and oxygen atoms in total. The van der Waals surface area contributed by atoms with Crippen LogP contribution in [0.15, 0.2) is 78.6 Å². The number of alkyl halides is 3. The summed E-state index contributed by atoms with van der Waals surface area (Å²) in [6.07, 6.45) is 2.69. The van der Waals surface area contributed by atoms with Gasteiger partial charge in [0.15, 0.2) is 0 Å². The molecule has 1 amide bonds. The summed E-state index contributed by atoms with van der Waals surface area (Å²) in [6.45, 7) is 5.09. The van der Waals surface area contributed by atoms with Crippen molar-refractivity contribution in [1.29, 1.82) is 0 Å². The van der Waals surface area contributed by atoms with Crippen LogP contribution in [0, 0.1) is 5.92 Å². The van der Waals surface area contributed by atoms with E-state index in [4.69, 9.17) is 0 Å². The van der Waals surface area contributed by atoms with Crippen LogP contribution < -0.4 is 10.2 Å². The van der Waals surface area contributed by atoms with E-state index >= 15 is 0 Å². The van der Waals surface area contributed by atoms with Crippen LogP contribution in [0.4, 0.5) is 24.5 Å². The molecule has 8 heteroatoms. The Morgan fingerprint density at radius 2 is 1.71 bits per heavy atom. The van der Waals surface area contributed by atoms with Crippen LogP contribution in [-0.4, -0.2) is 42.5 Å². The highest BCUT2D eigenvalue weighted by atomic mass is 19.4. The minimum atomic E-state index is -4.39. The molecule has 1 aliphatic rings. The first-order chi connectivity index (χ1) is 18.2. The molecule has 38 heavy (non-hydrogen) atoms. The lowest BCUT2D eigenvalue weighted by atomic mass is 9.88. The molecule has 4 rings (SSSR count). The van der Waals surface area contributed by atoms with Gasteiger partial charge in [-0.15, -0.1) is 0 Å². The van der Waals surface area contributed by atoms with Gasteiger partial charge in [0.1, 0.15) is 0 Å². The molecule has 200 valence electrons. The van der Waals surface area contributed by atoms with Crippen molar-refractivity contribution in [1.82, 2.24) is 15.2 Å². The van der Waals surface area contributed by atoms with Crippen molar-refractivity contribution in [2.24, 2.45) is 5.92 Å². The quantitative estimate of drug-likeness (QED) is 0.353. The zero-order valence-corrected chi connectivity index (χ0v) is 21.7. The third-order valence-corrected chi connectivity index (χ3v) is 7.04. The Morgan fingerprint density at radius 3 is 2.34 bits per heavy atom. The van der Waals surface area contributed by atoms with Gasteiger partial charge in [-0.1, -0.05) is 31.2 Å². The second-order valence-electron chi connectivity index (χ2n) is 9.57. The number of halogens is 3. The van der Waals surface area contributed by atoms with Crippen molar-refractivity contribution in [3.63, 3.8) is 0 Å². The lowest BCUT2D eigenvalue weighted by molar-refractivity contribution is -0.137. The SMILES string of the molecule is CCN1CCC[C@@H](C(=Cc2ccc(C(F)(F)F)cc2)C(=O)NCc2ccc(N(C)c3ccncc3)cc2)C1. The highest BCUT2D eigenvalue weighted by Gasteiger charge is 2.30. The number of nitrogens with zero attached hydrogens (tertiary/aromatic N) is 3. The van der Waals surface area contributed by atoms with Crippen LogP contribution in [0.5, 0.6) is 0 Å². The lowest BCUT2D eigenvalue weighted by Crippen LogP contribution is -2.39. The predicted octanol–water partition coefficient (Wildman–Crippen LogP) is 6.30. The lowest BCUT2D eigenvalue weighted by Gasteiger charge is -2.33. The molecule has 0 radical (unpaired) electrons. The number of carbonyl (C=O) groups is 1. The van der Waals surface area contributed by atoms with Crippen molar-refractivity contribution in [3.8, 4) is 0 Å². The van der Waals surface area contributed by atoms with Crippen LogP contribution in [0.1, 0.15) is 36.5 Å². The fraction of sp³-hybridized carbons (Fsp3) is 0.333. The molecule has 0 unspecified atom stereocenters. The molecule has 1 atom stereocenters. The van der Waals surface area contributed by atoms with Crippen LogP contribution in [0.25, 0.3) is 6.08 Å². The summed E-state index contributed by atoms with van der Waals surface area (Å²) < 4.78 is 39.0. The Labute approximate surface area is 222 Å². The zero-order chi connectivity index (χ0) is 27.1. The average Bonchev–Trinajstić information content (AvgIpc) is 2.94. The molecular weight excluding hydrogens is 489 g/mol. The summed E-state index contributed by atoms with van der Waals surface area (Å²) in [5.74, 6) is -0.173. The normalized spacial score (nSPS) is 16.8. The third-order valence-electron chi connectivity index (χ3n) is 7.04. The molecule has 0 bridgehead atoms. The average molecular weight is 523 g/mol. The molecule has 0 aliphatic carbocycles. The number of benzene rings is 2. The molecule has 0 saturated carbocycles. The Kier molecular flexibility index (Phi) is 8.84. The number of aromatic nitrogens is 1. The molecule has 2 heterocycles. The second-order valence-corrected chi connectivity index (χ2v) is 9.57. The van der Waals surface area contributed by atoms with E-state index in [0.29, 0.717) is 17.7 Å². The summed E-state index contributed by atoms with van der Waals surface area (Å²) in [7, 11) is 1.98. The summed E-state index contributed by atoms with van der Waals surface area (Å²) in [5.41, 5.74) is 3.48. The Hall–Kier alpha value is -3.65. The first kappa shape index (κ1) is 27.4. The van der Waals surface area contributed by atoms with Crippen LogP contribution >= 0.6 is 0 Å². The van der Waals surface area contributed by atoms with Gasteiger partial charge in [-0.2, -0.15) is 13.2 Å². The number of hydrogen-bond donors (Lipinski definition) is 1. The molecule has 2 aromatic carbocycles. The second kappa shape index (κ2) is 12.3. The number of pyridine rings is 1. The van der Waals surface area contributed by atoms with Gasteiger partial charge in [0, 0.05) is 55.4 Å². The summed E-state index contributed by atoms with van der Waals surface area (Å²) >= 11 is 0. The van der Waals surface area contributed by atoms with Gasteiger partial charge in [-0.05, 0) is 79.5 Å².